The van der Waals surface area contributed by atoms with Gasteiger partial charge in [0, 0.05) is 11.3 Å². The molecule has 0 spiro atoms. The molecule has 0 amide bonds. The second kappa shape index (κ2) is 5.23. The van der Waals surface area contributed by atoms with Crippen LogP contribution in [0.15, 0.2) is 30.3 Å². The average Bonchev–Trinajstić information content (AvgIpc) is 2.69. The van der Waals surface area contributed by atoms with Gasteiger partial charge in [0.05, 0.1) is 17.3 Å². The van der Waals surface area contributed by atoms with Gasteiger partial charge in [-0.15, -0.1) is 11.3 Å². The Bertz CT molecular complexity index is 450. The van der Waals surface area contributed by atoms with Crippen molar-refractivity contribution in [2.24, 2.45) is 0 Å². The number of benzene rings is 1. The molecule has 0 radical (unpaired) electrons. The van der Waals surface area contributed by atoms with Gasteiger partial charge in [-0.1, -0.05) is 30.3 Å². The molecule has 0 atom stereocenters. The van der Waals surface area contributed by atoms with E-state index in [9.17, 15) is 0 Å². The standard InChI is InChI=1S/C13H15NOS/c1-10-12(9-15)14-13(16-10)8-7-11-5-3-2-4-6-11/h2-6,15H,7-9H2,1H3. The molecular weight excluding hydrogens is 218 g/mol. The van der Waals surface area contributed by atoms with Gasteiger partial charge in [0.2, 0.25) is 0 Å². The largest absolute Gasteiger partial charge is 0.390 e. The number of rotatable bonds is 4. The third-order valence-corrected chi connectivity index (χ3v) is 3.63. The summed E-state index contributed by atoms with van der Waals surface area (Å²) in [6.07, 6.45) is 1.97. The first-order valence-corrected chi connectivity index (χ1v) is 6.21. The van der Waals surface area contributed by atoms with Crippen LogP contribution in [0.1, 0.15) is 21.1 Å². The van der Waals surface area contributed by atoms with Crippen molar-refractivity contribution >= 4 is 11.3 Å². The van der Waals surface area contributed by atoms with Crippen molar-refractivity contribution in [3.8, 4) is 0 Å². The first kappa shape index (κ1) is 11.3. The Hall–Kier alpha value is -1.19. The van der Waals surface area contributed by atoms with Crippen LogP contribution in [0, 0.1) is 6.92 Å². The lowest BCUT2D eigenvalue weighted by molar-refractivity contribution is 0.276. The fourth-order valence-corrected chi connectivity index (χ4v) is 2.58. The summed E-state index contributed by atoms with van der Waals surface area (Å²) in [5, 5.41) is 10.2. The van der Waals surface area contributed by atoms with Crippen LogP contribution in [-0.4, -0.2) is 10.1 Å². The van der Waals surface area contributed by atoms with Gasteiger partial charge >= 0.3 is 0 Å². The molecule has 0 saturated heterocycles. The molecule has 1 aromatic heterocycles. The van der Waals surface area contributed by atoms with Gasteiger partial charge < -0.3 is 5.11 Å². The van der Waals surface area contributed by atoms with E-state index in [0.717, 1.165) is 28.4 Å². The minimum absolute atomic E-state index is 0.0493. The van der Waals surface area contributed by atoms with Gasteiger partial charge in [0.1, 0.15) is 0 Å². The predicted molar refractivity (Wildman–Crippen MR) is 66.6 cm³/mol. The van der Waals surface area contributed by atoms with Crippen LogP contribution in [0.5, 0.6) is 0 Å². The molecule has 16 heavy (non-hydrogen) atoms. The lowest BCUT2D eigenvalue weighted by Crippen LogP contribution is -1.91. The Balaban J connectivity index is 2.00. The zero-order valence-electron chi connectivity index (χ0n) is 9.31. The summed E-state index contributed by atoms with van der Waals surface area (Å²) >= 11 is 1.69. The van der Waals surface area contributed by atoms with E-state index in [1.165, 1.54) is 5.56 Å². The quantitative estimate of drug-likeness (QED) is 0.880. The third-order valence-electron chi connectivity index (χ3n) is 2.56. The predicted octanol–water partition coefficient (Wildman–Crippen LogP) is 2.73. The average molecular weight is 233 g/mol. The summed E-state index contributed by atoms with van der Waals surface area (Å²) in [6.45, 7) is 2.06. The maximum absolute atomic E-state index is 9.06. The van der Waals surface area contributed by atoms with E-state index in [-0.39, 0.29) is 6.61 Å². The second-order valence-electron chi connectivity index (χ2n) is 3.75. The van der Waals surface area contributed by atoms with Crippen molar-refractivity contribution in [1.29, 1.82) is 0 Å². The monoisotopic (exact) mass is 233 g/mol. The number of hydrogen-bond donors (Lipinski definition) is 1. The van der Waals surface area contributed by atoms with E-state index >= 15 is 0 Å². The van der Waals surface area contributed by atoms with E-state index in [1.807, 2.05) is 13.0 Å². The number of aromatic nitrogens is 1. The summed E-state index contributed by atoms with van der Waals surface area (Å²) in [5.41, 5.74) is 2.16. The van der Waals surface area contributed by atoms with Gasteiger partial charge in [0.15, 0.2) is 0 Å². The molecule has 2 rings (SSSR count). The van der Waals surface area contributed by atoms with Crippen LogP contribution in [-0.2, 0) is 19.4 Å². The number of hydrogen-bond acceptors (Lipinski definition) is 3. The second-order valence-corrected chi connectivity index (χ2v) is 5.04. The molecular formula is C13H15NOS. The van der Waals surface area contributed by atoms with Crippen LogP contribution < -0.4 is 0 Å². The van der Waals surface area contributed by atoms with Gasteiger partial charge in [-0.25, -0.2) is 4.98 Å². The van der Waals surface area contributed by atoms with Gasteiger partial charge in [0.25, 0.3) is 0 Å². The van der Waals surface area contributed by atoms with E-state index in [4.69, 9.17) is 5.11 Å². The van der Waals surface area contributed by atoms with Crippen molar-refractivity contribution in [2.45, 2.75) is 26.4 Å². The molecule has 0 unspecified atom stereocenters. The number of nitrogens with zero attached hydrogens (tertiary/aromatic N) is 1. The lowest BCUT2D eigenvalue weighted by atomic mass is 10.1. The van der Waals surface area contributed by atoms with Gasteiger partial charge in [-0.3, -0.25) is 0 Å². The van der Waals surface area contributed by atoms with Crippen molar-refractivity contribution < 1.29 is 5.11 Å². The fraction of sp³-hybridized carbons (Fsp3) is 0.308. The summed E-state index contributed by atoms with van der Waals surface area (Å²) < 4.78 is 0. The van der Waals surface area contributed by atoms with E-state index < -0.39 is 0 Å². The molecule has 0 aliphatic rings. The summed E-state index contributed by atoms with van der Waals surface area (Å²) in [6, 6.07) is 10.4. The maximum atomic E-state index is 9.06. The fourth-order valence-electron chi connectivity index (χ4n) is 1.64. The van der Waals surface area contributed by atoms with Crippen molar-refractivity contribution in [3.05, 3.63) is 51.5 Å². The van der Waals surface area contributed by atoms with Crippen LogP contribution in [0.25, 0.3) is 0 Å². The highest BCUT2D eigenvalue weighted by atomic mass is 32.1. The smallest absolute Gasteiger partial charge is 0.0935 e. The zero-order valence-corrected chi connectivity index (χ0v) is 10.1. The molecule has 0 bridgehead atoms. The molecule has 1 heterocycles. The molecule has 3 heteroatoms. The molecule has 1 aromatic carbocycles. The van der Waals surface area contributed by atoms with Crippen LogP contribution in [0.2, 0.25) is 0 Å². The number of aryl methyl sites for hydroxylation is 3. The van der Waals surface area contributed by atoms with Crippen LogP contribution in [0.3, 0.4) is 0 Å². The molecule has 0 aliphatic heterocycles. The molecule has 2 nitrogen and oxygen atoms in total. The Morgan fingerprint density at radius 1 is 1.19 bits per heavy atom. The highest BCUT2D eigenvalue weighted by molar-refractivity contribution is 7.11. The Morgan fingerprint density at radius 3 is 2.56 bits per heavy atom. The topological polar surface area (TPSA) is 33.1 Å². The number of aliphatic hydroxyl groups excluding tert-OH is 1. The van der Waals surface area contributed by atoms with Crippen molar-refractivity contribution in [3.63, 3.8) is 0 Å². The van der Waals surface area contributed by atoms with E-state index in [2.05, 4.69) is 29.2 Å². The third kappa shape index (κ3) is 2.68. The number of aliphatic hydroxyl groups is 1. The minimum atomic E-state index is 0.0493. The van der Waals surface area contributed by atoms with Crippen LogP contribution in [0.4, 0.5) is 0 Å². The van der Waals surface area contributed by atoms with Gasteiger partial charge in [-0.05, 0) is 18.9 Å². The van der Waals surface area contributed by atoms with Gasteiger partial charge in [-0.2, -0.15) is 0 Å². The molecule has 0 aliphatic carbocycles. The summed E-state index contributed by atoms with van der Waals surface area (Å²) in [4.78, 5) is 5.54. The zero-order chi connectivity index (χ0) is 11.4. The van der Waals surface area contributed by atoms with Crippen molar-refractivity contribution in [2.75, 3.05) is 0 Å². The highest BCUT2D eigenvalue weighted by Crippen LogP contribution is 2.19. The summed E-state index contributed by atoms with van der Waals surface area (Å²) in [7, 11) is 0. The first-order chi connectivity index (χ1) is 7.79. The number of thiazole rings is 1. The van der Waals surface area contributed by atoms with Crippen LogP contribution >= 0.6 is 11.3 Å². The molecule has 2 aromatic rings. The maximum Gasteiger partial charge on any atom is 0.0935 e. The normalized spacial score (nSPS) is 10.6. The molecule has 0 saturated carbocycles. The Kier molecular flexibility index (Phi) is 3.70. The molecule has 0 fully saturated rings. The van der Waals surface area contributed by atoms with E-state index in [1.54, 1.807) is 11.3 Å². The Morgan fingerprint density at radius 2 is 1.94 bits per heavy atom. The SMILES string of the molecule is Cc1sc(CCc2ccccc2)nc1CO. The highest BCUT2D eigenvalue weighted by Gasteiger charge is 2.06. The molecule has 84 valence electrons. The van der Waals surface area contributed by atoms with E-state index in [0.29, 0.717) is 0 Å². The first-order valence-electron chi connectivity index (χ1n) is 5.39. The Labute approximate surface area is 99.6 Å². The molecule has 1 N–H and O–H groups in total. The lowest BCUT2D eigenvalue weighted by Gasteiger charge is -1.97. The van der Waals surface area contributed by atoms with Crippen molar-refractivity contribution in [1.82, 2.24) is 4.98 Å². The summed E-state index contributed by atoms with van der Waals surface area (Å²) in [5.74, 6) is 0. The minimum Gasteiger partial charge on any atom is -0.390 e.